The molecule has 10 heteroatoms. The summed E-state index contributed by atoms with van der Waals surface area (Å²) in [6.45, 7) is 7.16. The Kier molecular flexibility index (Phi) is 6.07. The summed E-state index contributed by atoms with van der Waals surface area (Å²) < 4.78 is 37.1. The van der Waals surface area contributed by atoms with Crippen molar-refractivity contribution in [3.63, 3.8) is 0 Å². The van der Waals surface area contributed by atoms with Crippen molar-refractivity contribution >= 4 is 17.3 Å². The summed E-state index contributed by atoms with van der Waals surface area (Å²) in [6.07, 6.45) is 6.80. The first-order valence-electron chi connectivity index (χ1n) is 11.6. The highest BCUT2D eigenvalue weighted by atomic mass is 19.1. The maximum Gasteiger partial charge on any atom is 0.228 e. The number of fused-ring (bicyclic) bond motifs is 1. The molecule has 0 amide bonds. The van der Waals surface area contributed by atoms with Crippen molar-refractivity contribution in [2.24, 2.45) is 0 Å². The van der Waals surface area contributed by atoms with Gasteiger partial charge in [0.2, 0.25) is 5.95 Å². The van der Waals surface area contributed by atoms with Crippen molar-refractivity contribution in [3.8, 4) is 17.0 Å². The zero-order valence-electron chi connectivity index (χ0n) is 19.6. The third-order valence-corrected chi connectivity index (χ3v) is 6.47. The minimum Gasteiger partial charge on any atom is -0.486 e. The Bertz CT molecular complexity index is 1170. The normalized spacial score (nSPS) is 17.1. The van der Waals surface area contributed by atoms with Gasteiger partial charge in [-0.3, -0.25) is 4.68 Å². The average molecular weight is 470 g/mol. The second-order valence-electron chi connectivity index (χ2n) is 9.20. The van der Waals surface area contributed by atoms with Gasteiger partial charge < -0.3 is 19.9 Å². The number of aromatic nitrogens is 4. The van der Waals surface area contributed by atoms with Crippen LogP contribution in [0.15, 0.2) is 30.7 Å². The van der Waals surface area contributed by atoms with Crippen molar-refractivity contribution in [1.29, 1.82) is 0 Å². The molecule has 0 bridgehead atoms. The molecule has 0 atom stereocenters. The van der Waals surface area contributed by atoms with E-state index in [0.29, 0.717) is 36.1 Å². The molecule has 0 saturated carbocycles. The molecule has 4 heterocycles. The maximum absolute atomic E-state index is 14.9. The fourth-order valence-corrected chi connectivity index (χ4v) is 4.60. The third kappa shape index (κ3) is 4.42. The summed E-state index contributed by atoms with van der Waals surface area (Å²) in [5.41, 5.74) is 1.67. The van der Waals surface area contributed by atoms with Gasteiger partial charge in [0.15, 0.2) is 17.4 Å². The van der Waals surface area contributed by atoms with Crippen molar-refractivity contribution in [2.45, 2.75) is 38.8 Å². The van der Waals surface area contributed by atoms with Gasteiger partial charge in [-0.05, 0) is 59.0 Å². The SMILES string of the molecule is CC(C)N1CCOc2c(F)cc(-c3nc(Nc4cnn(C5CCN(C)CC5)c4)ncc3F)cc21. The van der Waals surface area contributed by atoms with Crippen LogP contribution < -0.4 is 15.0 Å². The number of hydrogen-bond acceptors (Lipinski definition) is 7. The summed E-state index contributed by atoms with van der Waals surface area (Å²) in [4.78, 5) is 12.8. The van der Waals surface area contributed by atoms with E-state index in [0.717, 1.165) is 32.1 Å². The van der Waals surface area contributed by atoms with Crippen LogP contribution in [-0.4, -0.2) is 64.0 Å². The summed E-state index contributed by atoms with van der Waals surface area (Å²) in [5, 5.41) is 7.58. The number of anilines is 3. The number of piperidine rings is 1. The lowest BCUT2D eigenvalue weighted by atomic mass is 10.1. The Morgan fingerprint density at radius 2 is 1.88 bits per heavy atom. The Morgan fingerprint density at radius 1 is 1.09 bits per heavy atom. The van der Waals surface area contributed by atoms with E-state index in [-0.39, 0.29) is 23.4 Å². The van der Waals surface area contributed by atoms with Gasteiger partial charge >= 0.3 is 0 Å². The number of halogens is 2. The lowest BCUT2D eigenvalue weighted by Crippen LogP contribution is -2.38. The fraction of sp³-hybridized carbons (Fsp3) is 0.458. The molecule has 2 aromatic heterocycles. The maximum atomic E-state index is 14.9. The lowest BCUT2D eigenvalue weighted by Gasteiger charge is -2.34. The molecule has 1 saturated heterocycles. The Morgan fingerprint density at radius 3 is 2.65 bits per heavy atom. The summed E-state index contributed by atoms with van der Waals surface area (Å²) in [5.74, 6) is -0.753. The van der Waals surface area contributed by atoms with Crippen LogP contribution in [0.1, 0.15) is 32.7 Å². The molecule has 2 aliphatic heterocycles. The van der Waals surface area contributed by atoms with Crippen LogP contribution >= 0.6 is 0 Å². The van der Waals surface area contributed by atoms with Crippen molar-refractivity contribution < 1.29 is 13.5 Å². The zero-order valence-corrected chi connectivity index (χ0v) is 19.6. The first-order valence-corrected chi connectivity index (χ1v) is 11.6. The molecular formula is C24H29F2N7O. The molecule has 3 aromatic rings. The Labute approximate surface area is 197 Å². The van der Waals surface area contributed by atoms with Gasteiger partial charge in [-0.1, -0.05) is 0 Å². The predicted molar refractivity (Wildman–Crippen MR) is 127 cm³/mol. The van der Waals surface area contributed by atoms with Crippen molar-refractivity contribution in [3.05, 3.63) is 42.4 Å². The van der Waals surface area contributed by atoms with Gasteiger partial charge in [-0.2, -0.15) is 5.10 Å². The van der Waals surface area contributed by atoms with Gasteiger partial charge in [0.05, 0.1) is 36.4 Å². The van der Waals surface area contributed by atoms with Crippen LogP contribution in [0.3, 0.4) is 0 Å². The van der Waals surface area contributed by atoms with Crippen molar-refractivity contribution in [2.75, 3.05) is 43.5 Å². The van der Waals surface area contributed by atoms with Crippen LogP contribution in [0.2, 0.25) is 0 Å². The number of hydrogen-bond donors (Lipinski definition) is 1. The third-order valence-electron chi connectivity index (χ3n) is 6.47. The molecule has 180 valence electrons. The van der Waals surface area contributed by atoms with E-state index >= 15 is 0 Å². The number of ether oxygens (including phenoxy) is 1. The summed E-state index contributed by atoms with van der Waals surface area (Å²) >= 11 is 0. The number of nitrogens with one attached hydrogen (secondary N) is 1. The van der Waals surface area contributed by atoms with E-state index in [1.54, 1.807) is 12.3 Å². The number of rotatable bonds is 5. The minimum absolute atomic E-state index is 0.0242. The molecule has 0 aliphatic carbocycles. The van der Waals surface area contributed by atoms with E-state index in [9.17, 15) is 8.78 Å². The molecular weight excluding hydrogens is 440 g/mol. The molecule has 0 unspecified atom stereocenters. The van der Waals surface area contributed by atoms with E-state index in [4.69, 9.17) is 4.74 Å². The first kappa shape index (κ1) is 22.5. The smallest absolute Gasteiger partial charge is 0.228 e. The van der Waals surface area contributed by atoms with Crippen LogP contribution in [0.4, 0.5) is 26.1 Å². The molecule has 1 aromatic carbocycles. The highest BCUT2D eigenvalue weighted by molar-refractivity contribution is 5.73. The molecule has 1 fully saturated rings. The molecule has 0 spiro atoms. The zero-order chi connectivity index (χ0) is 23.8. The fourth-order valence-electron chi connectivity index (χ4n) is 4.60. The van der Waals surface area contributed by atoms with E-state index in [1.807, 2.05) is 29.6 Å². The van der Waals surface area contributed by atoms with Gasteiger partial charge in [-0.15, -0.1) is 0 Å². The minimum atomic E-state index is -0.625. The highest BCUT2D eigenvalue weighted by Gasteiger charge is 2.26. The molecule has 0 radical (unpaired) electrons. The topological polar surface area (TPSA) is 71.3 Å². The van der Waals surface area contributed by atoms with E-state index in [2.05, 4.69) is 32.3 Å². The second-order valence-corrected chi connectivity index (χ2v) is 9.20. The van der Waals surface area contributed by atoms with Crippen LogP contribution in [0.5, 0.6) is 5.75 Å². The highest BCUT2D eigenvalue weighted by Crippen LogP contribution is 2.39. The van der Waals surface area contributed by atoms with Gasteiger partial charge in [0.1, 0.15) is 12.3 Å². The summed E-state index contributed by atoms with van der Waals surface area (Å²) in [7, 11) is 2.12. The van der Waals surface area contributed by atoms with Crippen LogP contribution in [0, 0.1) is 11.6 Å². The molecule has 34 heavy (non-hydrogen) atoms. The molecule has 5 rings (SSSR count). The standard InChI is InChI=1S/C24H29F2N7O/c1-15(2)32-8-9-34-23-19(25)10-16(11-21(23)32)22-20(26)13-27-24(30-22)29-17-12-28-33(14-17)18-4-6-31(3)7-5-18/h10-15,18H,4-9H2,1-3H3,(H,27,29,30). The Hall–Kier alpha value is -3.27. The largest absolute Gasteiger partial charge is 0.486 e. The van der Waals surface area contributed by atoms with Gasteiger partial charge in [0, 0.05) is 17.8 Å². The Balaban J connectivity index is 1.41. The number of benzene rings is 1. The molecule has 1 N–H and O–H groups in total. The average Bonchev–Trinajstić information content (AvgIpc) is 3.28. The van der Waals surface area contributed by atoms with Crippen LogP contribution in [-0.2, 0) is 0 Å². The number of likely N-dealkylation sites (tertiary alicyclic amines) is 1. The van der Waals surface area contributed by atoms with Gasteiger partial charge in [0.25, 0.3) is 0 Å². The lowest BCUT2D eigenvalue weighted by molar-refractivity contribution is 0.212. The predicted octanol–water partition coefficient (Wildman–Crippen LogP) is 4.24. The van der Waals surface area contributed by atoms with Crippen LogP contribution in [0.25, 0.3) is 11.3 Å². The monoisotopic (exact) mass is 469 g/mol. The van der Waals surface area contributed by atoms with E-state index < -0.39 is 11.6 Å². The van der Waals surface area contributed by atoms with Gasteiger partial charge in [-0.25, -0.2) is 18.7 Å². The first-order chi connectivity index (χ1) is 16.4. The summed E-state index contributed by atoms with van der Waals surface area (Å²) in [6, 6.07) is 3.48. The molecule has 2 aliphatic rings. The quantitative estimate of drug-likeness (QED) is 0.599. The molecule has 8 nitrogen and oxygen atoms in total. The second kappa shape index (κ2) is 9.17. The van der Waals surface area contributed by atoms with Crippen molar-refractivity contribution in [1.82, 2.24) is 24.6 Å². The van der Waals surface area contributed by atoms with E-state index in [1.165, 1.54) is 6.07 Å². The number of nitrogens with zero attached hydrogens (tertiary/aromatic N) is 6.